The SMILES string of the molecule is CCCCN(CCCC)CCNC(=O)c1ccc(/C=C2/Sc3ccccc3NC2=O)cc1. The summed E-state index contributed by atoms with van der Waals surface area (Å²) in [6, 6.07) is 15.1. The highest BCUT2D eigenvalue weighted by Gasteiger charge is 2.20. The topological polar surface area (TPSA) is 61.4 Å². The normalized spacial score (nSPS) is 14.3. The molecule has 0 saturated heterocycles. The van der Waals surface area contributed by atoms with Crippen molar-refractivity contribution in [3.05, 3.63) is 64.6 Å². The van der Waals surface area contributed by atoms with E-state index in [1.54, 1.807) is 0 Å². The van der Waals surface area contributed by atoms with Gasteiger partial charge in [0.1, 0.15) is 0 Å². The minimum Gasteiger partial charge on any atom is -0.351 e. The van der Waals surface area contributed by atoms with Crippen LogP contribution in [0.2, 0.25) is 0 Å². The van der Waals surface area contributed by atoms with Crippen molar-refractivity contribution in [3.8, 4) is 0 Å². The molecule has 170 valence electrons. The zero-order chi connectivity index (χ0) is 22.8. The van der Waals surface area contributed by atoms with Crippen LogP contribution in [-0.2, 0) is 4.79 Å². The maximum atomic E-state index is 12.5. The molecule has 6 heteroatoms. The number of carbonyl (C=O) groups excluding carboxylic acids is 2. The number of amides is 2. The van der Waals surface area contributed by atoms with Gasteiger partial charge in [0.2, 0.25) is 0 Å². The van der Waals surface area contributed by atoms with Gasteiger partial charge in [0.25, 0.3) is 11.8 Å². The number of carbonyl (C=O) groups is 2. The Balaban J connectivity index is 1.54. The van der Waals surface area contributed by atoms with Crippen molar-refractivity contribution in [1.82, 2.24) is 10.2 Å². The highest BCUT2D eigenvalue weighted by atomic mass is 32.2. The molecule has 0 unspecified atom stereocenters. The molecule has 0 aliphatic carbocycles. The second kappa shape index (κ2) is 12.5. The minimum absolute atomic E-state index is 0.0613. The molecule has 3 rings (SSSR count). The lowest BCUT2D eigenvalue weighted by Gasteiger charge is -2.22. The molecule has 1 aliphatic rings. The van der Waals surface area contributed by atoms with Crippen LogP contribution in [0.4, 0.5) is 5.69 Å². The lowest BCUT2D eigenvalue weighted by molar-refractivity contribution is -0.112. The third-order valence-corrected chi connectivity index (χ3v) is 6.52. The zero-order valence-corrected chi connectivity index (χ0v) is 19.8. The molecule has 2 N–H and O–H groups in total. The molecule has 2 amide bonds. The van der Waals surface area contributed by atoms with E-state index in [2.05, 4.69) is 29.4 Å². The van der Waals surface area contributed by atoms with Gasteiger partial charge in [-0.05, 0) is 61.8 Å². The predicted molar refractivity (Wildman–Crippen MR) is 134 cm³/mol. The van der Waals surface area contributed by atoms with Crippen molar-refractivity contribution in [3.63, 3.8) is 0 Å². The fourth-order valence-corrected chi connectivity index (χ4v) is 4.46. The predicted octanol–water partition coefficient (Wildman–Crippen LogP) is 5.40. The lowest BCUT2D eigenvalue weighted by Crippen LogP contribution is -2.36. The average molecular weight is 452 g/mol. The molecule has 0 radical (unpaired) electrons. The molecule has 2 aromatic carbocycles. The molecule has 0 aromatic heterocycles. The van der Waals surface area contributed by atoms with Crippen LogP contribution in [0.5, 0.6) is 0 Å². The first-order valence-corrected chi connectivity index (χ1v) is 12.3. The quantitative estimate of drug-likeness (QED) is 0.449. The number of rotatable bonds is 11. The van der Waals surface area contributed by atoms with E-state index in [1.807, 2.05) is 54.6 Å². The summed E-state index contributed by atoms with van der Waals surface area (Å²) in [5, 5.41) is 5.96. The smallest absolute Gasteiger partial charge is 0.262 e. The van der Waals surface area contributed by atoms with Gasteiger partial charge in [0.15, 0.2) is 0 Å². The van der Waals surface area contributed by atoms with Crippen molar-refractivity contribution < 1.29 is 9.59 Å². The summed E-state index contributed by atoms with van der Waals surface area (Å²) in [6.45, 7) is 8.12. The molecule has 5 nitrogen and oxygen atoms in total. The van der Waals surface area contributed by atoms with Gasteiger partial charge in [0, 0.05) is 23.5 Å². The van der Waals surface area contributed by atoms with Crippen LogP contribution in [0.1, 0.15) is 55.5 Å². The number of nitrogens with one attached hydrogen (secondary N) is 2. The molecule has 0 atom stereocenters. The molecular weight excluding hydrogens is 418 g/mol. The number of nitrogens with zero attached hydrogens (tertiary/aromatic N) is 1. The first-order chi connectivity index (χ1) is 15.6. The van der Waals surface area contributed by atoms with Crippen LogP contribution < -0.4 is 10.6 Å². The number of fused-ring (bicyclic) bond motifs is 1. The van der Waals surface area contributed by atoms with Gasteiger partial charge in [-0.25, -0.2) is 0 Å². The third kappa shape index (κ3) is 6.97. The highest BCUT2D eigenvalue weighted by Crippen LogP contribution is 2.38. The van der Waals surface area contributed by atoms with Crippen LogP contribution in [-0.4, -0.2) is 42.9 Å². The fraction of sp³-hybridized carbons (Fsp3) is 0.385. The third-order valence-electron chi connectivity index (χ3n) is 5.42. The largest absolute Gasteiger partial charge is 0.351 e. The highest BCUT2D eigenvalue weighted by molar-refractivity contribution is 8.04. The Morgan fingerprint density at radius 1 is 1.00 bits per heavy atom. The number of hydrogen-bond acceptors (Lipinski definition) is 4. The van der Waals surface area contributed by atoms with E-state index in [0.29, 0.717) is 17.0 Å². The van der Waals surface area contributed by atoms with Gasteiger partial charge in [-0.2, -0.15) is 0 Å². The van der Waals surface area contributed by atoms with Crippen molar-refractivity contribution in [2.75, 3.05) is 31.5 Å². The summed E-state index contributed by atoms with van der Waals surface area (Å²) in [4.78, 5) is 29.0. The molecule has 1 heterocycles. The maximum absolute atomic E-state index is 12.5. The van der Waals surface area contributed by atoms with Crippen LogP contribution in [0.15, 0.2) is 58.3 Å². The second-order valence-corrected chi connectivity index (χ2v) is 9.07. The number of anilines is 1. The van der Waals surface area contributed by atoms with Crippen molar-refractivity contribution >= 4 is 35.3 Å². The van der Waals surface area contributed by atoms with Crippen LogP contribution in [0, 0.1) is 0 Å². The number of para-hydroxylation sites is 1. The van der Waals surface area contributed by atoms with Gasteiger partial charge in [-0.15, -0.1) is 0 Å². The lowest BCUT2D eigenvalue weighted by atomic mass is 10.1. The van der Waals surface area contributed by atoms with Crippen molar-refractivity contribution in [2.45, 2.75) is 44.4 Å². The Kier molecular flexibility index (Phi) is 9.38. The summed E-state index contributed by atoms with van der Waals surface area (Å²) < 4.78 is 0. The van der Waals surface area contributed by atoms with E-state index >= 15 is 0 Å². The Morgan fingerprint density at radius 3 is 2.38 bits per heavy atom. The second-order valence-electron chi connectivity index (χ2n) is 7.99. The fourth-order valence-electron chi connectivity index (χ4n) is 3.51. The van der Waals surface area contributed by atoms with Crippen molar-refractivity contribution in [2.24, 2.45) is 0 Å². The zero-order valence-electron chi connectivity index (χ0n) is 19.0. The standard InChI is InChI=1S/C26H33N3O2S/c1-3-5-16-29(17-6-4-2)18-15-27-25(30)21-13-11-20(12-14-21)19-24-26(31)28-22-9-7-8-10-23(22)32-24/h7-14,19H,3-6,15-18H2,1-2H3,(H,27,30)(H,28,31)/b24-19+. The van der Waals surface area contributed by atoms with E-state index in [1.165, 1.54) is 37.4 Å². The average Bonchev–Trinajstić information content (AvgIpc) is 2.81. The number of benzene rings is 2. The van der Waals surface area contributed by atoms with Gasteiger partial charge in [0.05, 0.1) is 10.6 Å². The summed E-state index contributed by atoms with van der Waals surface area (Å²) in [7, 11) is 0. The van der Waals surface area contributed by atoms with Gasteiger partial charge < -0.3 is 15.5 Å². The maximum Gasteiger partial charge on any atom is 0.262 e. The van der Waals surface area contributed by atoms with E-state index < -0.39 is 0 Å². The summed E-state index contributed by atoms with van der Waals surface area (Å²) in [5.41, 5.74) is 2.37. The molecular formula is C26H33N3O2S. The molecule has 2 aromatic rings. The first kappa shape index (κ1) is 24.1. The molecule has 0 spiro atoms. The Labute approximate surface area is 195 Å². The van der Waals surface area contributed by atoms with E-state index in [4.69, 9.17) is 0 Å². The van der Waals surface area contributed by atoms with Crippen molar-refractivity contribution in [1.29, 1.82) is 0 Å². The Morgan fingerprint density at radius 2 is 1.69 bits per heavy atom. The van der Waals surface area contributed by atoms with E-state index in [9.17, 15) is 9.59 Å². The Bertz CT molecular complexity index is 932. The Hall–Kier alpha value is -2.57. The molecule has 0 saturated carbocycles. The van der Waals surface area contributed by atoms with Gasteiger partial charge in [-0.3, -0.25) is 9.59 Å². The molecule has 0 fully saturated rings. The first-order valence-electron chi connectivity index (χ1n) is 11.5. The molecule has 0 bridgehead atoms. The van der Waals surface area contributed by atoms with Gasteiger partial charge >= 0.3 is 0 Å². The number of hydrogen-bond donors (Lipinski definition) is 2. The summed E-state index contributed by atoms with van der Waals surface area (Å²) in [6.07, 6.45) is 6.61. The minimum atomic E-state index is -0.105. The summed E-state index contributed by atoms with van der Waals surface area (Å²) >= 11 is 1.46. The van der Waals surface area contributed by atoms with Gasteiger partial charge in [-0.1, -0.05) is 62.7 Å². The molecule has 1 aliphatic heterocycles. The van der Waals surface area contributed by atoms with Crippen LogP contribution in [0.3, 0.4) is 0 Å². The number of thioether (sulfide) groups is 1. The van der Waals surface area contributed by atoms with Crippen LogP contribution >= 0.6 is 11.8 Å². The van der Waals surface area contributed by atoms with E-state index in [-0.39, 0.29) is 11.8 Å². The monoisotopic (exact) mass is 451 g/mol. The molecule has 32 heavy (non-hydrogen) atoms. The summed E-state index contributed by atoms with van der Waals surface area (Å²) in [5.74, 6) is -0.167. The van der Waals surface area contributed by atoms with Crippen LogP contribution in [0.25, 0.3) is 6.08 Å². The van der Waals surface area contributed by atoms with E-state index in [0.717, 1.165) is 35.8 Å². The number of unbranched alkanes of at least 4 members (excludes halogenated alkanes) is 2.